The molecule has 0 bridgehead atoms. The number of para-hydroxylation sites is 1. The SMILES string of the molecule is CC1(C)c2ccccc2-c2c(N(c3ccc(-c4ccccc4)cc3)c3ccc(-c4c5oc(-c6ccccc6)nc5cc5oc6ccccc6c45)cc3)cccc21. The standard InChI is InChI=1S/C52H36N2O2/c1-52(2)41-20-11-9-18-39(41)48-42(52)21-13-22-44(48)54(37-28-24-34(25-29-37)33-14-5-3-6-15-33)38-30-26-35(27-31-38)47-49-40-19-10-12-23-45(40)55-46(49)32-43-50(47)56-51(53-43)36-16-7-4-8-17-36/h3-32H,1-2H3. The Hall–Kier alpha value is -7.17. The van der Waals surface area contributed by atoms with Crippen molar-refractivity contribution in [3.8, 4) is 44.8 Å². The highest BCUT2D eigenvalue weighted by atomic mass is 16.4. The Labute approximate surface area is 324 Å². The molecule has 8 aromatic carbocycles. The number of benzene rings is 8. The molecule has 10 aromatic rings. The average Bonchev–Trinajstić information content (AvgIpc) is 3.92. The Kier molecular flexibility index (Phi) is 7.17. The number of rotatable bonds is 6. The van der Waals surface area contributed by atoms with Crippen molar-refractivity contribution in [2.24, 2.45) is 0 Å². The number of anilines is 3. The van der Waals surface area contributed by atoms with E-state index in [1.807, 2.05) is 48.5 Å². The van der Waals surface area contributed by atoms with Crippen LogP contribution in [0.4, 0.5) is 17.1 Å². The van der Waals surface area contributed by atoms with Crippen molar-refractivity contribution in [2.75, 3.05) is 4.90 Å². The molecule has 0 aliphatic heterocycles. The molecule has 0 fully saturated rings. The Balaban J connectivity index is 1.11. The van der Waals surface area contributed by atoms with E-state index < -0.39 is 0 Å². The van der Waals surface area contributed by atoms with Gasteiger partial charge in [-0.25, -0.2) is 4.98 Å². The number of aromatic nitrogens is 1. The second-order valence-corrected chi connectivity index (χ2v) is 15.1. The summed E-state index contributed by atoms with van der Waals surface area (Å²) in [5.41, 5.74) is 16.8. The van der Waals surface area contributed by atoms with Crippen LogP contribution in [0.2, 0.25) is 0 Å². The van der Waals surface area contributed by atoms with Crippen LogP contribution in [0.5, 0.6) is 0 Å². The summed E-state index contributed by atoms with van der Waals surface area (Å²) in [7, 11) is 0. The highest BCUT2D eigenvalue weighted by Gasteiger charge is 2.37. The Bertz CT molecular complexity index is 3080. The molecule has 0 saturated carbocycles. The predicted molar refractivity (Wildman–Crippen MR) is 230 cm³/mol. The van der Waals surface area contributed by atoms with E-state index in [-0.39, 0.29) is 5.41 Å². The molecule has 4 heteroatoms. The van der Waals surface area contributed by atoms with Crippen molar-refractivity contribution in [1.82, 2.24) is 4.98 Å². The highest BCUT2D eigenvalue weighted by Crippen LogP contribution is 2.54. The number of oxazole rings is 1. The first-order valence-electron chi connectivity index (χ1n) is 19.1. The number of hydrogen-bond acceptors (Lipinski definition) is 4. The van der Waals surface area contributed by atoms with Gasteiger partial charge in [0.25, 0.3) is 0 Å². The summed E-state index contributed by atoms with van der Waals surface area (Å²) >= 11 is 0. The van der Waals surface area contributed by atoms with Gasteiger partial charge in [-0.3, -0.25) is 0 Å². The highest BCUT2D eigenvalue weighted by molar-refractivity contribution is 6.19. The molecule has 0 spiro atoms. The molecule has 2 heterocycles. The monoisotopic (exact) mass is 720 g/mol. The molecule has 0 saturated heterocycles. The predicted octanol–water partition coefficient (Wildman–Crippen LogP) is 14.5. The molecule has 0 atom stereocenters. The van der Waals surface area contributed by atoms with E-state index in [4.69, 9.17) is 13.8 Å². The summed E-state index contributed by atoms with van der Waals surface area (Å²) in [6, 6.07) is 64.3. The van der Waals surface area contributed by atoms with Gasteiger partial charge < -0.3 is 13.7 Å². The summed E-state index contributed by atoms with van der Waals surface area (Å²) in [5, 5.41) is 2.06. The van der Waals surface area contributed by atoms with Crippen LogP contribution in [0, 0.1) is 0 Å². The van der Waals surface area contributed by atoms with E-state index in [0.717, 1.165) is 66.8 Å². The van der Waals surface area contributed by atoms with Crippen molar-refractivity contribution in [2.45, 2.75) is 19.3 Å². The molecule has 2 aromatic heterocycles. The summed E-state index contributed by atoms with van der Waals surface area (Å²) in [4.78, 5) is 7.38. The third-order valence-electron chi connectivity index (χ3n) is 11.5. The molecule has 266 valence electrons. The second-order valence-electron chi connectivity index (χ2n) is 15.1. The van der Waals surface area contributed by atoms with Crippen molar-refractivity contribution >= 4 is 50.1 Å². The lowest BCUT2D eigenvalue weighted by molar-refractivity contribution is 0.621. The Morgan fingerprint density at radius 2 is 1.09 bits per heavy atom. The van der Waals surface area contributed by atoms with Crippen LogP contribution in [0.3, 0.4) is 0 Å². The smallest absolute Gasteiger partial charge is 0.227 e. The zero-order valence-corrected chi connectivity index (χ0v) is 31.0. The van der Waals surface area contributed by atoms with E-state index in [9.17, 15) is 0 Å². The van der Waals surface area contributed by atoms with Crippen molar-refractivity contribution in [3.63, 3.8) is 0 Å². The molecule has 0 radical (unpaired) electrons. The first-order chi connectivity index (χ1) is 27.5. The lowest BCUT2D eigenvalue weighted by atomic mass is 9.82. The Morgan fingerprint density at radius 1 is 0.482 bits per heavy atom. The quantitative estimate of drug-likeness (QED) is 0.171. The van der Waals surface area contributed by atoms with Crippen LogP contribution < -0.4 is 4.90 Å². The van der Waals surface area contributed by atoms with E-state index in [1.54, 1.807) is 0 Å². The van der Waals surface area contributed by atoms with Gasteiger partial charge >= 0.3 is 0 Å². The normalized spacial score (nSPS) is 13.0. The third-order valence-corrected chi connectivity index (χ3v) is 11.5. The Morgan fingerprint density at radius 3 is 1.84 bits per heavy atom. The molecule has 11 rings (SSSR count). The molecule has 0 unspecified atom stereocenters. The van der Waals surface area contributed by atoms with Gasteiger partial charge in [0.15, 0.2) is 5.58 Å². The van der Waals surface area contributed by atoms with Gasteiger partial charge in [-0.2, -0.15) is 0 Å². The number of nitrogens with zero attached hydrogens (tertiary/aromatic N) is 2. The molecule has 4 nitrogen and oxygen atoms in total. The van der Waals surface area contributed by atoms with Crippen LogP contribution in [-0.2, 0) is 5.41 Å². The fourth-order valence-electron chi connectivity index (χ4n) is 8.81. The summed E-state index contributed by atoms with van der Waals surface area (Å²) in [6.07, 6.45) is 0. The number of furan rings is 1. The molecule has 1 aliphatic carbocycles. The number of hydrogen-bond donors (Lipinski definition) is 0. The molecule has 1 aliphatic rings. The maximum absolute atomic E-state index is 6.67. The molecular weight excluding hydrogens is 685 g/mol. The lowest BCUT2D eigenvalue weighted by Gasteiger charge is -2.29. The van der Waals surface area contributed by atoms with Crippen molar-refractivity contribution in [3.05, 3.63) is 193 Å². The van der Waals surface area contributed by atoms with Gasteiger partial charge in [-0.1, -0.05) is 141 Å². The summed E-state index contributed by atoms with van der Waals surface area (Å²) < 4.78 is 13.1. The first kappa shape index (κ1) is 32.3. The first-order valence-corrected chi connectivity index (χ1v) is 19.1. The van der Waals surface area contributed by atoms with Crippen molar-refractivity contribution in [1.29, 1.82) is 0 Å². The molecule has 0 N–H and O–H groups in total. The van der Waals surface area contributed by atoms with Gasteiger partial charge in [0.1, 0.15) is 16.7 Å². The van der Waals surface area contributed by atoms with Crippen LogP contribution in [0.15, 0.2) is 191 Å². The second kappa shape index (κ2) is 12.4. The van der Waals surface area contributed by atoms with Gasteiger partial charge in [0, 0.05) is 50.3 Å². The minimum Gasteiger partial charge on any atom is -0.456 e. The molecular formula is C52H36N2O2. The van der Waals surface area contributed by atoms with E-state index >= 15 is 0 Å². The lowest BCUT2D eigenvalue weighted by Crippen LogP contribution is -2.16. The largest absolute Gasteiger partial charge is 0.456 e. The van der Waals surface area contributed by atoms with Crippen LogP contribution in [0.1, 0.15) is 25.0 Å². The van der Waals surface area contributed by atoms with Gasteiger partial charge in [0.2, 0.25) is 5.89 Å². The van der Waals surface area contributed by atoms with E-state index in [2.05, 4.69) is 152 Å². The van der Waals surface area contributed by atoms with Crippen LogP contribution in [-0.4, -0.2) is 4.98 Å². The van der Waals surface area contributed by atoms with Gasteiger partial charge in [-0.15, -0.1) is 0 Å². The zero-order valence-electron chi connectivity index (χ0n) is 31.0. The zero-order chi connectivity index (χ0) is 37.4. The van der Waals surface area contributed by atoms with E-state index in [0.29, 0.717) is 5.89 Å². The van der Waals surface area contributed by atoms with Gasteiger partial charge in [0.05, 0.1) is 5.69 Å². The van der Waals surface area contributed by atoms with Crippen LogP contribution >= 0.6 is 0 Å². The van der Waals surface area contributed by atoms with Crippen LogP contribution in [0.25, 0.3) is 77.9 Å². The molecule has 56 heavy (non-hydrogen) atoms. The summed E-state index contributed by atoms with van der Waals surface area (Å²) in [6.45, 7) is 4.67. The molecule has 0 amide bonds. The van der Waals surface area contributed by atoms with Crippen molar-refractivity contribution < 1.29 is 8.83 Å². The number of fused-ring (bicyclic) bond motifs is 7. The topological polar surface area (TPSA) is 42.4 Å². The minimum atomic E-state index is -0.123. The fourth-order valence-corrected chi connectivity index (χ4v) is 8.81. The average molecular weight is 721 g/mol. The fraction of sp³-hybridized carbons (Fsp3) is 0.0577. The minimum absolute atomic E-state index is 0.123. The van der Waals surface area contributed by atoms with E-state index in [1.165, 1.54) is 33.4 Å². The van der Waals surface area contributed by atoms with Gasteiger partial charge in [-0.05, 0) is 81.9 Å². The maximum atomic E-state index is 6.67. The third kappa shape index (κ3) is 4.96. The maximum Gasteiger partial charge on any atom is 0.227 e. The summed E-state index contributed by atoms with van der Waals surface area (Å²) in [5.74, 6) is 0.585.